The Morgan fingerprint density at radius 2 is 1.83 bits per heavy atom. The predicted octanol–water partition coefficient (Wildman–Crippen LogP) is 5.36. The molecule has 3 aromatic rings. The number of aromatic amines is 1. The van der Waals surface area contributed by atoms with Gasteiger partial charge in [-0.1, -0.05) is 18.6 Å². The van der Waals surface area contributed by atoms with Gasteiger partial charge in [-0.2, -0.15) is 0 Å². The normalized spacial score (nSPS) is 21.0. The highest BCUT2D eigenvalue weighted by Gasteiger charge is 2.24. The van der Waals surface area contributed by atoms with Gasteiger partial charge >= 0.3 is 0 Å². The molecule has 29 heavy (non-hydrogen) atoms. The summed E-state index contributed by atoms with van der Waals surface area (Å²) in [5.74, 6) is 0.122. The topological polar surface area (TPSA) is 77.6 Å². The van der Waals surface area contributed by atoms with Crippen LogP contribution < -0.4 is 5.73 Å². The lowest BCUT2D eigenvalue weighted by molar-refractivity contribution is 0.0953. The molecular formula is C24H30N4O. The number of aromatic hydroxyl groups is 1. The molecule has 2 unspecified atom stereocenters. The van der Waals surface area contributed by atoms with Gasteiger partial charge in [0, 0.05) is 35.2 Å². The third kappa shape index (κ3) is 4.01. The van der Waals surface area contributed by atoms with Crippen LogP contribution >= 0.6 is 0 Å². The van der Waals surface area contributed by atoms with E-state index in [0.29, 0.717) is 23.3 Å². The number of H-pyrrole nitrogens is 1. The first kappa shape index (κ1) is 19.5. The molecule has 1 aliphatic heterocycles. The van der Waals surface area contributed by atoms with Crippen LogP contribution in [-0.2, 0) is 6.54 Å². The lowest BCUT2D eigenvalue weighted by atomic mass is 9.97. The van der Waals surface area contributed by atoms with E-state index in [1.54, 1.807) is 0 Å². The molecule has 0 radical (unpaired) electrons. The first-order chi connectivity index (χ1) is 13.9. The Hall–Kier alpha value is -2.79. The standard InChI is InChI=1S/C24H30N4O/c1-15-5-4-6-16(2)28(15)14-18-7-10-20(11-8-18)26-17(3)23-21-13-19(25)9-12-22(21)27-24(23)29/h7-13,15-16,27,29H,4-6,14,25H2,1-3H3. The van der Waals surface area contributed by atoms with E-state index < -0.39 is 0 Å². The summed E-state index contributed by atoms with van der Waals surface area (Å²) < 4.78 is 0. The van der Waals surface area contributed by atoms with Crippen LogP contribution in [0.15, 0.2) is 47.5 Å². The quantitative estimate of drug-likeness (QED) is 0.414. The third-order valence-corrected chi connectivity index (χ3v) is 6.14. The molecule has 5 heteroatoms. The van der Waals surface area contributed by atoms with E-state index in [1.165, 1.54) is 24.8 Å². The number of benzene rings is 2. The molecule has 1 fully saturated rings. The van der Waals surface area contributed by atoms with E-state index in [-0.39, 0.29) is 5.88 Å². The first-order valence-corrected chi connectivity index (χ1v) is 10.4. The smallest absolute Gasteiger partial charge is 0.198 e. The Kier molecular flexibility index (Phi) is 5.33. The number of piperidine rings is 1. The number of rotatable bonds is 4. The number of hydrogen-bond acceptors (Lipinski definition) is 4. The minimum Gasteiger partial charge on any atom is -0.494 e. The van der Waals surface area contributed by atoms with Gasteiger partial charge < -0.3 is 15.8 Å². The van der Waals surface area contributed by atoms with E-state index >= 15 is 0 Å². The maximum Gasteiger partial charge on any atom is 0.198 e. The Balaban J connectivity index is 1.56. The molecule has 2 aromatic carbocycles. The third-order valence-electron chi connectivity index (χ3n) is 6.14. The van der Waals surface area contributed by atoms with Crippen molar-refractivity contribution in [3.8, 4) is 5.88 Å². The fourth-order valence-corrected chi connectivity index (χ4v) is 4.48. The minimum atomic E-state index is 0.122. The molecular weight excluding hydrogens is 360 g/mol. The van der Waals surface area contributed by atoms with Crippen molar-refractivity contribution in [2.45, 2.75) is 58.7 Å². The monoisotopic (exact) mass is 390 g/mol. The van der Waals surface area contributed by atoms with E-state index in [4.69, 9.17) is 10.7 Å². The Bertz CT molecular complexity index is 1020. The van der Waals surface area contributed by atoms with Crippen molar-refractivity contribution in [2.24, 2.45) is 4.99 Å². The molecule has 0 spiro atoms. The van der Waals surface area contributed by atoms with Crippen LogP contribution in [0.1, 0.15) is 51.2 Å². The number of aromatic nitrogens is 1. The van der Waals surface area contributed by atoms with Crippen molar-refractivity contribution in [1.82, 2.24) is 9.88 Å². The van der Waals surface area contributed by atoms with Crippen molar-refractivity contribution in [3.63, 3.8) is 0 Å². The van der Waals surface area contributed by atoms with E-state index in [0.717, 1.165) is 28.8 Å². The number of likely N-dealkylation sites (tertiary alicyclic amines) is 1. The van der Waals surface area contributed by atoms with Gasteiger partial charge in [0.2, 0.25) is 0 Å². The van der Waals surface area contributed by atoms with Gasteiger partial charge in [-0.05, 0) is 69.5 Å². The highest BCUT2D eigenvalue weighted by atomic mass is 16.3. The molecule has 2 heterocycles. The molecule has 4 rings (SSSR count). The molecule has 0 bridgehead atoms. The van der Waals surface area contributed by atoms with Gasteiger partial charge in [0.25, 0.3) is 0 Å². The van der Waals surface area contributed by atoms with E-state index in [2.05, 4.69) is 48.0 Å². The maximum atomic E-state index is 10.4. The van der Waals surface area contributed by atoms with Crippen LogP contribution in [0.3, 0.4) is 0 Å². The summed E-state index contributed by atoms with van der Waals surface area (Å²) in [6.07, 6.45) is 3.90. The molecule has 4 N–H and O–H groups in total. The average molecular weight is 391 g/mol. The second-order valence-corrected chi connectivity index (χ2v) is 8.32. The van der Waals surface area contributed by atoms with Gasteiger partial charge in [-0.15, -0.1) is 0 Å². The van der Waals surface area contributed by atoms with Crippen LogP contribution in [0, 0.1) is 0 Å². The van der Waals surface area contributed by atoms with Gasteiger partial charge in [0.15, 0.2) is 5.88 Å². The number of nitrogens with one attached hydrogen (secondary N) is 1. The Labute approximate surface area is 172 Å². The fraction of sp³-hybridized carbons (Fsp3) is 0.375. The molecule has 1 aliphatic rings. The molecule has 152 valence electrons. The number of nitrogens with zero attached hydrogens (tertiary/aromatic N) is 2. The first-order valence-electron chi connectivity index (χ1n) is 10.4. The molecule has 2 atom stereocenters. The summed E-state index contributed by atoms with van der Waals surface area (Å²) in [6, 6.07) is 15.3. The van der Waals surface area contributed by atoms with Crippen LogP contribution in [0.25, 0.3) is 10.9 Å². The Morgan fingerprint density at radius 1 is 1.14 bits per heavy atom. The highest BCUT2D eigenvalue weighted by molar-refractivity contribution is 6.13. The van der Waals surface area contributed by atoms with Crippen molar-refractivity contribution in [2.75, 3.05) is 5.73 Å². The van der Waals surface area contributed by atoms with Crippen LogP contribution in [0.5, 0.6) is 5.88 Å². The molecule has 1 aromatic heterocycles. The second-order valence-electron chi connectivity index (χ2n) is 8.32. The van der Waals surface area contributed by atoms with Gasteiger partial charge in [-0.3, -0.25) is 9.89 Å². The Morgan fingerprint density at radius 3 is 2.52 bits per heavy atom. The van der Waals surface area contributed by atoms with E-state index in [9.17, 15) is 5.11 Å². The van der Waals surface area contributed by atoms with Gasteiger partial charge in [0.1, 0.15) is 0 Å². The number of nitrogen functional groups attached to an aromatic ring is 1. The maximum absolute atomic E-state index is 10.4. The summed E-state index contributed by atoms with van der Waals surface area (Å²) in [7, 11) is 0. The van der Waals surface area contributed by atoms with Crippen molar-refractivity contribution in [3.05, 3.63) is 53.6 Å². The highest BCUT2D eigenvalue weighted by Crippen LogP contribution is 2.31. The number of fused-ring (bicyclic) bond motifs is 1. The van der Waals surface area contributed by atoms with Crippen LogP contribution in [0.4, 0.5) is 11.4 Å². The van der Waals surface area contributed by atoms with Crippen molar-refractivity contribution >= 4 is 28.0 Å². The van der Waals surface area contributed by atoms with Gasteiger partial charge in [-0.25, -0.2) is 0 Å². The average Bonchev–Trinajstić information content (AvgIpc) is 3.01. The zero-order chi connectivity index (χ0) is 20.5. The summed E-state index contributed by atoms with van der Waals surface area (Å²) in [6.45, 7) is 7.56. The molecule has 5 nitrogen and oxygen atoms in total. The summed E-state index contributed by atoms with van der Waals surface area (Å²) in [5.41, 5.74) is 11.1. The lowest BCUT2D eigenvalue weighted by Gasteiger charge is -2.39. The summed E-state index contributed by atoms with van der Waals surface area (Å²) in [4.78, 5) is 10.3. The second kappa shape index (κ2) is 7.91. The van der Waals surface area contributed by atoms with Crippen LogP contribution in [0.2, 0.25) is 0 Å². The number of anilines is 1. The lowest BCUT2D eigenvalue weighted by Crippen LogP contribution is -2.42. The SMILES string of the molecule is CC(=Nc1ccc(CN2C(C)CCCC2C)cc1)c1c(O)[nH]c2ccc(N)cc12. The van der Waals surface area contributed by atoms with E-state index in [1.807, 2.05) is 25.1 Å². The molecule has 1 saturated heterocycles. The number of hydrogen-bond donors (Lipinski definition) is 3. The molecule has 0 amide bonds. The number of nitrogens with two attached hydrogens (primary N) is 1. The molecule has 0 aliphatic carbocycles. The zero-order valence-corrected chi connectivity index (χ0v) is 17.4. The number of aliphatic imine (C=N–C) groups is 1. The minimum absolute atomic E-state index is 0.122. The summed E-state index contributed by atoms with van der Waals surface area (Å²) >= 11 is 0. The summed E-state index contributed by atoms with van der Waals surface area (Å²) in [5, 5.41) is 11.2. The fourth-order valence-electron chi connectivity index (χ4n) is 4.48. The predicted molar refractivity (Wildman–Crippen MR) is 121 cm³/mol. The largest absolute Gasteiger partial charge is 0.494 e. The van der Waals surface area contributed by atoms with Crippen molar-refractivity contribution < 1.29 is 5.11 Å². The van der Waals surface area contributed by atoms with Crippen molar-refractivity contribution in [1.29, 1.82) is 0 Å². The van der Waals surface area contributed by atoms with Gasteiger partial charge in [0.05, 0.1) is 17.0 Å². The zero-order valence-electron chi connectivity index (χ0n) is 17.4. The molecule has 0 saturated carbocycles. The van der Waals surface area contributed by atoms with Crippen LogP contribution in [-0.4, -0.2) is 32.8 Å².